The van der Waals surface area contributed by atoms with E-state index in [1.807, 2.05) is 24.3 Å². The predicted octanol–water partition coefficient (Wildman–Crippen LogP) is 2.29. The third-order valence-corrected chi connectivity index (χ3v) is 4.91. The van der Waals surface area contributed by atoms with Gasteiger partial charge in [0.15, 0.2) is 0 Å². The fraction of sp³-hybridized carbons (Fsp3) is 0.500. The quantitative estimate of drug-likeness (QED) is 0.923. The lowest BCUT2D eigenvalue weighted by Crippen LogP contribution is -2.41. The number of nitrogens with one attached hydrogen (secondary N) is 1. The van der Waals surface area contributed by atoms with E-state index in [0.717, 1.165) is 23.0 Å². The van der Waals surface area contributed by atoms with Crippen LogP contribution in [0.4, 0.5) is 5.69 Å². The average molecular weight is 333 g/mol. The summed E-state index contributed by atoms with van der Waals surface area (Å²) in [6.45, 7) is 1.20. The van der Waals surface area contributed by atoms with Gasteiger partial charge < -0.3 is 5.32 Å². The molecule has 6 heteroatoms. The Morgan fingerprint density at radius 3 is 2.56 bits per heavy atom. The molecule has 0 atom stereocenters. The molecule has 1 N–H and O–H groups in total. The number of benzene rings is 1. The van der Waals surface area contributed by atoms with Crippen molar-refractivity contribution in [1.82, 2.24) is 4.31 Å². The van der Waals surface area contributed by atoms with Gasteiger partial charge in [0.2, 0.25) is 10.0 Å². The van der Waals surface area contributed by atoms with E-state index in [2.05, 4.69) is 21.2 Å². The monoisotopic (exact) mass is 332 g/mol. The number of nitrogens with zero attached hydrogens (tertiary/aromatic N) is 1. The van der Waals surface area contributed by atoms with Crippen LogP contribution in [0.5, 0.6) is 0 Å². The summed E-state index contributed by atoms with van der Waals surface area (Å²) in [5, 5.41) is 3.44. The first-order valence-corrected chi connectivity index (χ1v) is 8.56. The maximum atomic E-state index is 11.4. The van der Waals surface area contributed by atoms with E-state index in [1.54, 1.807) is 4.31 Å². The lowest BCUT2D eigenvalue weighted by Gasteiger charge is -2.31. The Bertz CT molecular complexity index is 511. The molecule has 0 spiro atoms. The van der Waals surface area contributed by atoms with Crippen molar-refractivity contribution in [3.05, 3.63) is 28.7 Å². The Balaban J connectivity index is 1.91. The highest BCUT2D eigenvalue weighted by Gasteiger charge is 2.24. The van der Waals surface area contributed by atoms with Crippen LogP contribution in [0.3, 0.4) is 0 Å². The molecule has 1 heterocycles. The van der Waals surface area contributed by atoms with E-state index in [-0.39, 0.29) is 0 Å². The fourth-order valence-corrected chi connectivity index (χ4v) is 3.42. The van der Waals surface area contributed by atoms with Crippen molar-refractivity contribution in [3.8, 4) is 0 Å². The largest absolute Gasteiger partial charge is 0.382 e. The van der Waals surface area contributed by atoms with Gasteiger partial charge in [-0.25, -0.2) is 12.7 Å². The maximum Gasteiger partial charge on any atom is 0.211 e. The van der Waals surface area contributed by atoms with E-state index >= 15 is 0 Å². The highest BCUT2D eigenvalue weighted by Crippen LogP contribution is 2.20. The zero-order chi connectivity index (χ0) is 13.2. The van der Waals surface area contributed by atoms with E-state index in [0.29, 0.717) is 19.1 Å². The van der Waals surface area contributed by atoms with Crippen molar-refractivity contribution in [3.63, 3.8) is 0 Å². The summed E-state index contributed by atoms with van der Waals surface area (Å²) in [6.07, 6.45) is 2.97. The summed E-state index contributed by atoms with van der Waals surface area (Å²) < 4.78 is 25.4. The van der Waals surface area contributed by atoms with Gasteiger partial charge in [-0.3, -0.25) is 0 Å². The number of sulfonamides is 1. The predicted molar refractivity (Wildman–Crippen MR) is 77.2 cm³/mol. The molecule has 0 amide bonds. The first-order chi connectivity index (χ1) is 8.45. The third-order valence-electron chi connectivity index (χ3n) is 3.12. The van der Waals surface area contributed by atoms with Crippen LogP contribution in [0.15, 0.2) is 28.7 Å². The van der Waals surface area contributed by atoms with E-state index < -0.39 is 10.0 Å². The molecule has 18 heavy (non-hydrogen) atoms. The average Bonchev–Trinajstić information content (AvgIpc) is 2.28. The second-order valence-corrected chi connectivity index (χ2v) is 7.49. The molecule has 0 saturated carbocycles. The highest BCUT2D eigenvalue weighted by molar-refractivity contribution is 9.10. The van der Waals surface area contributed by atoms with Gasteiger partial charge in [0.05, 0.1) is 6.26 Å². The van der Waals surface area contributed by atoms with Crippen LogP contribution in [0.1, 0.15) is 12.8 Å². The van der Waals surface area contributed by atoms with Crippen molar-refractivity contribution in [2.75, 3.05) is 24.7 Å². The van der Waals surface area contributed by atoms with E-state index in [9.17, 15) is 8.42 Å². The molecule has 0 radical (unpaired) electrons. The van der Waals surface area contributed by atoms with Gasteiger partial charge in [0.25, 0.3) is 0 Å². The minimum Gasteiger partial charge on any atom is -0.382 e. The normalized spacial score (nSPS) is 18.8. The molecule has 1 saturated heterocycles. The Kier molecular flexibility index (Phi) is 4.29. The topological polar surface area (TPSA) is 49.4 Å². The van der Waals surface area contributed by atoms with Gasteiger partial charge in [-0.1, -0.05) is 22.0 Å². The summed E-state index contributed by atoms with van der Waals surface area (Å²) in [4.78, 5) is 0. The molecule has 1 fully saturated rings. The molecule has 0 aromatic heterocycles. The smallest absolute Gasteiger partial charge is 0.211 e. The van der Waals surface area contributed by atoms with Gasteiger partial charge in [-0.2, -0.15) is 0 Å². The second kappa shape index (κ2) is 5.59. The van der Waals surface area contributed by atoms with Gasteiger partial charge >= 0.3 is 0 Å². The fourth-order valence-electron chi connectivity index (χ4n) is 2.15. The van der Waals surface area contributed by atoms with Crippen LogP contribution in [-0.2, 0) is 10.0 Å². The van der Waals surface area contributed by atoms with Crippen molar-refractivity contribution in [2.24, 2.45) is 0 Å². The first kappa shape index (κ1) is 13.8. The van der Waals surface area contributed by atoms with Gasteiger partial charge in [0, 0.05) is 29.3 Å². The maximum absolute atomic E-state index is 11.4. The molecule has 4 nitrogen and oxygen atoms in total. The molecule has 1 aliphatic heterocycles. The Labute approximate surface area is 117 Å². The SMILES string of the molecule is CS(=O)(=O)N1CCC(Nc2cccc(Br)c2)CC1. The zero-order valence-corrected chi connectivity index (χ0v) is 12.7. The number of piperidine rings is 1. The van der Waals surface area contributed by atoms with Crippen LogP contribution >= 0.6 is 15.9 Å². The highest BCUT2D eigenvalue weighted by atomic mass is 79.9. The van der Waals surface area contributed by atoms with Crippen molar-refractivity contribution >= 4 is 31.6 Å². The molecule has 100 valence electrons. The lowest BCUT2D eigenvalue weighted by atomic mass is 10.1. The van der Waals surface area contributed by atoms with Gasteiger partial charge in [-0.15, -0.1) is 0 Å². The van der Waals surface area contributed by atoms with Crippen LogP contribution in [0.25, 0.3) is 0 Å². The molecule has 0 unspecified atom stereocenters. The number of hydrogen-bond donors (Lipinski definition) is 1. The standard InChI is InChI=1S/C12H17BrN2O2S/c1-18(16,17)15-7-5-11(6-8-15)14-12-4-2-3-10(13)9-12/h2-4,9,11,14H,5-8H2,1H3. The molecular formula is C12H17BrN2O2S. The number of halogens is 1. The number of rotatable bonds is 3. The molecule has 1 aromatic rings. The molecule has 0 aliphatic carbocycles. The Morgan fingerprint density at radius 1 is 1.33 bits per heavy atom. The molecule has 1 aromatic carbocycles. The van der Waals surface area contributed by atoms with Gasteiger partial charge in [0.1, 0.15) is 0 Å². The first-order valence-electron chi connectivity index (χ1n) is 5.92. The Morgan fingerprint density at radius 2 is 2.00 bits per heavy atom. The zero-order valence-electron chi connectivity index (χ0n) is 10.3. The summed E-state index contributed by atoms with van der Waals surface area (Å²) in [5.41, 5.74) is 1.07. The van der Waals surface area contributed by atoms with E-state index in [1.165, 1.54) is 6.26 Å². The van der Waals surface area contributed by atoms with Gasteiger partial charge in [-0.05, 0) is 31.0 Å². The van der Waals surface area contributed by atoms with Crippen LogP contribution in [0, 0.1) is 0 Å². The minimum absolute atomic E-state index is 0.345. The molecular weight excluding hydrogens is 316 g/mol. The van der Waals surface area contributed by atoms with E-state index in [4.69, 9.17) is 0 Å². The summed E-state index contributed by atoms with van der Waals surface area (Å²) in [5.74, 6) is 0. The second-order valence-electron chi connectivity index (χ2n) is 4.59. The summed E-state index contributed by atoms with van der Waals surface area (Å²) in [7, 11) is -3.03. The van der Waals surface area contributed by atoms with Crippen molar-refractivity contribution in [1.29, 1.82) is 0 Å². The summed E-state index contributed by atoms with van der Waals surface area (Å²) in [6, 6.07) is 8.36. The van der Waals surface area contributed by atoms with Crippen molar-refractivity contribution in [2.45, 2.75) is 18.9 Å². The molecule has 2 rings (SSSR count). The molecule has 1 aliphatic rings. The summed E-state index contributed by atoms with van der Waals surface area (Å²) >= 11 is 3.44. The van der Waals surface area contributed by atoms with Crippen LogP contribution in [0.2, 0.25) is 0 Å². The van der Waals surface area contributed by atoms with Crippen molar-refractivity contribution < 1.29 is 8.42 Å². The molecule has 0 bridgehead atoms. The number of hydrogen-bond acceptors (Lipinski definition) is 3. The van der Waals surface area contributed by atoms with Crippen LogP contribution < -0.4 is 5.32 Å². The number of anilines is 1. The third kappa shape index (κ3) is 3.70. The lowest BCUT2D eigenvalue weighted by molar-refractivity contribution is 0.332. The van der Waals surface area contributed by atoms with Crippen LogP contribution in [-0.4, -0.2) is 38.1 Å². The Hall–Kier alpha value is -0.590. The minimum atomic E-state index is -3.03.